The molecular formula is C12H15Cl2NO4S. The van der Waals surface area contributed by atoms with E-state index in [0.717, 1.165) is 4.31 Å². The van der Waals surface area contributed by atoms with E-state index < -0.39 is 16.0 Å². The molecule has 0 aliphatic rings. The number of sulfonamides is 1. The van der Waals surface area contributed by atoms with E-state index in [-0.39, 0.29) is 33.9 Å². The van der Waals surface area contributed by atoms with Crippen molar-refractivity contribution in [1.29, 1.82) is 0 Å². The molecule has 0 fully saturated rings. The van der Waals surface area contributed by atoms with Gasteiger partial charge in [-0.15, -0.1) is 0 Å². The van der Waals surface area contributed by atoms with Crippen molar-refractivity contribution < 1.29 is 18.3 Å². The lowest BCUT2D eigenvalue weighted by Crippen LogP contribution is -2.38. The van der Waals surface area contributed by atoms with Crippen molar-refractivity contribution in [2.24, 2.45) is 0 Å². The third-order valence-corrected chi connectivity index (χ3v) is 5.43. The van der Waals surface area contributed by atoms with Gasteiger partial charge in [-0.3, -0.25) is 4.79 Å². The zero-order valence-electron chi connectivity index (χ0n) is 11.0. The summed E-state index contributed by atoms with van der Waals surface area (Å²) in [6.07, 6.45) is -0.265. The fraction of sp³-hybridized carbons (Fsp3) is 0.417. The van der Waals surface area contributed by atoms with Gasteiger partial charge in [0, 0.05) is 12.6 Å². The summed E-state index contributed by atoms with van der Waals surface area (Å²) >= 11 is 11.6. The highest BCUT2D eigenvalue weighted by Gasteiger charge is 2.27. The Morgan fingerprint density at radius 1 is 1.30 bits per heavy atom. The zero-order valence-corrected chi connectivity index (χ0v) is 13.3. The fourth-order valence-electron chi connectivity index (χ4n) is 1.63. The Morgan fingerprint density at radius 2 is 1.90 bits per heavy atom. The largest absolute Gasteiger partial charge is 0.481 e. The second-order valence-corrected chi connectivity index (χ2v) is 7.13. The van der Waals surface area contributed by atoms with Crippen LogP contribution in [0.3, 0.4) is 0 Å². The molecule has 5 nitrogen and oxygen atoms in total. The average molecular weight is 340 g/mol. The minimum Gasteiger partial charge on any atom is -0.481 e. The second kappa shape index (κ2) is 6.76. The number of rotatable bonds is 6. The Hall–Kier alpha value is -0.820. The molecule has 0 amide bonds. The molecule has 0 saturated carbocycles. The minimum absolute atomic E-state index is 0.00834. The van der Waals surface area contributed by atoms with Crippen molar-refractivity contribution in [3.8, 4) is 0 Å². The lowest BCUT2D eigenvalue weighted by Gasteiger charge is -2.25. The number of carboxylic acid groups (broad SMARTS) is 1. The van der Waals surface area contributed by atoms with Crippen LogP contribution < -0.4 is 0 Å². The highest BCUT2D eigenvalue weighted by Crippen LogP contribution is 2.27. The van der Waals surface area contributed by atoms with E-state index in [4.69, 9.17) is 28.3 Å². The van der Waals surface area contributed by atoms with Crippen LogP contribution in [0.25, 0.3) is 0 Å². The lowest BCUT2D eigenvalue weighted by atomic mass is 10.3. The molecule has 0 bridgehead atoms. The summed E-state index contributed by atoms with van der Waals surface area (Å²) in [6, 6.07) is 3.63. The van der Waals surface area contributed by atoms with Gasteiger partial charge in [-0.25, -0.2) is 8.42 Å². The van der Waals surface area contributed by atoms with Crippen molar-refractivity contribution in [1.82, 2.24) is 4.31 Å². The van der Waals surface area contributed by atoms with E-state index in [1.807, 2.05) is 0 Å². The predicted octanol–water partition coefficient (Wildman–Crippen LogP) is 2.87. The van der Waals surface area contributed by atoms with Crippen LogP contribution in [-0.4, -0.2) is 36.4 Å². The third kappa shape index (κ3) is 4.09. The highest BCUT2D eigenvalue weighted by molar-refractivity contribution is 7.89. The maximum atomic E-state index is 12.5. The molecule has 8 heteroatoms. The number of nitrogens with zero attached hydrogens (tertiary/aromatic N) is 1. The topological polar surface area (TPSA) is 74.7 Å². The Kier molecular flexibility index (Phi) is 5.82. The fourth-order valence-corrected chi connectivity index (χ4v) is 3.66. The number of aliphatic carboxylic acids is 1. The molecule has 0 radical (unpaired) electrons. The third-order valence-electron chi connectivity index (χ3n) is 2.62. The number of hydrogen-bond donors (Lipinski definition) is 1. The number of carbonyl (C=O) groups is 1. The summed E-state index contributed by atoms with van der Waals surface area (Å²) in [4.78, 5) is 10.6. The first-order valence-corrected chi connectivity index (χ1v) is 8.04. The van der Waals surface area contributed by atoms with Crippen molar-refractivity contribution in [2.45, 2.75) is 31.2 Å². The van der Waals surface area contributed by atoms with Gasteiger partial charge in [-0.1, -0.05) is 23.2 Å². The van der Waals surface area contributed by atoms with Gasteiger partial charge < -0.3 is 5.11 Å². The van der Waals surface area contributed by atoms with E-state index in [1.165, 1.54) is 18.2 Å². The van der Waals surface area contributed by atoms with Gasteiger partial charge in [0.2, 0.25) is 10.0 Å². The molecular weight excluding hydrogens is 325 g/mol. The number of benzene rings is 1. The first kappa shape index (κ1) is 17.2. The van der Waals surface area contributed by atoms with E-state index in [1.54, 1.807) is 13.8 Å². The Morgan fingerprint density at radius 3 is 2.35 bits per heavy atom. The molecule has 0 aliphatic carbocycles. The molecule has 1 N–H and O–H groups in total. The van der Waals surface area contributed by atoms with E-state index in [9.17, 15) is 13.2 Å². The van der Waals surface area contributed by atoms with Crippen LogP contribution in [0.4, 0.5) is 0 Å². The van der Waals surface area contributed by atoms with Gasteiger partial charge >= 0.3 is 5.97 Å². The SMILES string of the molecule is CC(C)N(CCC(=O)O)S(=O)(=O)c1ccc(Cl)c(Cl)c1. The summed E-state index contributed by atoms with van der Waals surface area (Å²) in [6.45, 7) is 3.25. The molecule has 1 aromatic carbocycles. The molecule has 112 valence electrons. The number of hydrogen-bond acceptors (Lipinski definition) is 3. The summed E-state index contributed by atoms with van der Waals surface area (Å²) < 4.78 is 26.1. The minimum atomic E-state index is -3.81. The summed E-state index contributed by atoms with van der Waals surface area (Å²) in [5.41, 5.74) is 0. The Labute approximate surface area is 128 Å². The van der Waals surface area contributed by atoms with Gasteiger partial charge in [0.25, 0.3) is 0 Å². The summed E-state index contributed by atoms with van der Waals surface area (Å²) in [7, 11) is -3.81. The molecule has 0 aromatic heterocycles. The van der Waals surface area contributed by atoms with E-state index in [2.05, 4.69) is 0 Å². The number of carboxylic acids is 1. The Bertz CT molecular complexity index is 601. The maximum absolute atomic E-state index is 12.5. The van der Waals surface area contributed by atoms with Gasteiger partial charge in [0.1, 0.15) is 0 Å². The second-order valence-electron chi connectivity index (χ2n) is 4.43. The normalized spacial score (nSPS) is 12.1. The summed E-state index contributed by atoms with van der Waals surface area (Å²) in [5.74, 6) is -1.06. The van der Waals surface area contributed by atoms with Crippen LogP contribution >= 0.6 is 23.2 Å². The zero-order chi connectivity index (χ0) is 15.5. The predicted molar refractivity (Wildman–Crippen MR) is 77.7 cm³/mol. The van der Waals surface area contributed by atoms with Crippen molar-refractivity contribution in [2.75, 3.05) is 6.54 Å². The van der Waals surface area contributed by atoms with Crippen molar-refractivity contribution >= 4 is 39.2 Å². The van der Waals surface area contributed by atoms with Crippen LogP contribution in [0, 0.1) is 0 Å². The van der Waals surface area contributed by atoms with Crippen molar-refractivity contribution in [3.63, 3.8) is 0 Å². The lowest BCUT2D eigenvalue weighted by molar-refractivity contribution is -0.137. The van der Waals surface area contributed by atoms with Gasteiger partial charge in [0.15, 0.2) is 0 Å². The molecule has 20 heavy (non-hydrogen) atoms. The van der Waals surface area contributed by atoms with E-state index >= 15 is 0 Å². The smallest absolute Gasteiger partial charge is 0.304 e. The average Bonchev–Trinajstić information content (AvgIpc) is 2.31. The molecule has 1 aromatic rings. The number of halogens is 2. The molecule has 1 rings (SSSR count). The van der Waals surface area contributed by atoms with Crippen LogP contribution in [0.15, 0.2) is 23.1 Å². The van der Waals surface area contributed by atoms with Crippen LogP contribution in [0.2, 0.25) is 10.0 Å². The molecule has 0 atom stereocenters. The molecule has 0 aliphatic heterocycles. The van der Waals surface area contributed by atoms with Gasteiger partial charge in [0.05, 0.1) is 21.4 Å². The maximum Gasteiger partial charge on any atom is 0.304 e. The van der Waals surface area contributed by atoms with E-state index in [0.29, 0.717) is 0 Å². The molecule has 0 saturated heterocycles. The molecule has 0 heterocycles. The monoisotopic (exact) mass is 339 g/mol. The van der Waals surface area contributed by atoms with Crippen LogP contribution in [0.5, 0.6) is 0 Å². The van der Waals surface area contributed by atoms with Crippen molar-refractivity contribution in [3.05, 3.63) is 28.2 Å². The van der Waals surface area contributed by atoms with Gasteiger partial charge in [-0.05, 0) is 32.0 Å². The molecule has 0 spiro atoms. The van der Waals surface area contributed by atoms with Crippen LogP contribution in [-0.2, 0) is 14.8 Å². The first-order valence-electron chi connectivity index (χ1n) is 5.85. The standard InChI is InChI=1S/C12H15Cl2NO4S/c1-8(2)15(6-5-12(16)17)20(18,19)9-3-4-10(13)11(14)7-9/h3-4,7-8H,5-6H2,1-2H3,(H,16,17). The van der Waals surface area contributed by atoms with Crippen LogP contribution in [0.1, 0.15) is 20.3 Å². The first-order chi connectivity index (χ1) is 9.16. The quantitative estimate of drug-likeness (QED) is 0.864. The molecule has 0 unspecified atom stereocenters. The van der Waals surface area contributed by atoms with Gasteiger partial charge in [-0.2, -0.15) is 4.31 Å². The summed E-state index contributed by atoms with van der Waals surface area (Å²) in [5, 5.41) is 9.09. The Balaban J connectivity index is 3.15. The highest BCUT2D eigenvalue weighted by atomic mass is 35.5.